The Balaban J connectivity index is 1.86. The number of aryl methyl sites for hydroxylation is 1. The van der Waals surface area contributed by atoms with Crippen LogP contribution in [-0.2, 0) is 15.4 Å². The molecule has 27 heavy (non-hydrogen) atoms. The molecule has 2 aromatic carbocycles. The lowest BCUT2D eigenvalue weighted by molar-refractivity contribution is 0.573. The Morgan fingerprint density at radius 3 is 2.19 bits per heavy atom. The third-order valence-electron chi connectivity index (χ3n) is 4.02. The molecule has 142 valence electrons. The zero-order valence-corrected chi connectivity index (χ0v) is 17.4. The molecule has 0 saturated heterocycles. The first-order valence-electron chi connectivity index (χ1n) is 8.57. The van der Waals surface area contributed by atoms with Crippen LogP contribution in [0.2, 0.25) is 0 Å². The van der Waals surface area contributed by atoms with Crippen molar-refractivity contribution in [1.82, 2.24) is 4.98 Å². The second-order valence-corrected chi connectivity index (χ2v) is 9.92. The van der Waals surface area contributed by atoms with Crippen LogP contribution in [0.3, 0.4) is 0 Å². The molecule has 5 nitrogen and oxygen atoms in total. The molecule has 0 saturated carbocycles. The fourth-order valence-electron chi connectivity index (χ4n) is 2.39. The predicted molar refractivity (Wildman–Crippen MR) is 113 cm³/mol. The zero-order valence-electron chi connectivity index (χ0n) is 15.8. The predicted octanol–water partition coefficient (Wildman–Crippen LogP) is 5.29. The molecular weight excluding hydrogens is 378 g/mol. The lowest BCUT2D eigenvalue weighted by Gasteiger charge is -2.15. The Bertz CT molecular complexity index is 1030. The van der Waals surface area contributed by atoms with Crippen molar-refractivity contribution in [2.45, 2.75) is 38.0 Å². The number of para-hydroxylation sites is 2. The van der Waals surface area contributed by atoms with Gasteiger partial charge in [-0.15, -0.1) is 11.3 Å². The molecule has 0 radical (unpaired) electrons. The van der Waals surface area contributed by atoms with E-state index >= 15 is 0 Å². The van der Waals surface area contributed by atoms with Gasteiger partial charge in [0.1, 0.15) is 0 Å². The highest BCUT2D eigenvalue weighted by Crippen LogP contribution is 2.31. The summed E-state index contributed by atoms with van der Waals surface area (Å²) in [4.78, 5) is 4.84. The van der Waals surface area contributed by atoms with Crippen LogP contribution in [0.15, 0.2) is 58.8 Å². The second-order valence-electron chi connectivity index (χ2n) is 7.38. The van der Waals surface area contributed by atoms with Crippen LogP contribution in [0.1, 0.15) is 32.0 Å². The van der Waals surface area contributed by atoms with E-state index in [1.54, 1.807) is 36.4 Å². The standard InChI is InChI=1S/C20H23N3O2S2/c1-14-9-11-15(12-10-14)27(24,25)23-17-8-6-5-7-16(17)21-19-22-18(13-26-19)20(2,3)4/h5-13,23H,1-4H3,(H,21,22). The lowest BCUT2D eigenvalue weighted by Crippen LogP contribution is -2.14. The van der Waals surface area contributed by atoms with Crippen LogP contribution in [0.4, 0.5) is 16.5 Å². The van der Waals surface area contributed by atoms with Gasteiger partial charge in [0, 0.05) is 10.8 Å². The van der Waals surface area contributed by atoms with Crippen molar-refractivity contribution in [2.24, 2.45) is 0 Å². The molecule has 0 amide bonds. The SMILES string of the molecule is Cc1ccc(S(=O)(=O)Nc2ccccc2Nc2nc(C(C)(C)C)cs2)cc1. The van der Waals surface area contributed by atoms with Crippen molar-refractivity contribution in [3.63, 3.8) is 0 Å². The van der Waals surface area contributed by atoms with Gasteiger partial charge >= 0.3 is 0 Å². The smallest absolute Gasteiger partial charge is 0.261 e. The Morgan fingerprint density at radius 1 is 0.963 bits per heavy atom. The topological polar surface area (TPSA) is 71.1 Å². The summed E-state index contributed by atoms with van der Waals surface area (Å²) in [5.41, 5.74) is 3.10. The maximum atomic E-state index is 12.7. The summed E-state index contributed by atoms with van der Waals surface area (Å²) in [7, 11) is -3.67. The highest BCUT2D eigenvalue weighted by atomic mass is 32.2. The molecule has 7 heteroatoms. The second kappa shape index (κ2) is 7.32. The fourth-order valence-corrected chi connectivity index (χ4v) is 4.42. The highest BCUT2D eigenvalue weighted by molar-refractivity contribution is 7.92. The Labute approximate surface area is 164 Å². The van der Waals surface area contributed by atoms with Gasteiger partial charge < -0.3 is 5.32 Å². The molecule has 0 bridgehead atoms. The van der Waals surface area contributed by atoms with E-state index in [9.17, 15) is 8.42 Å². The van der Waals surface area contributed by atoms with Crippen LogP contribution in [-0.4, -0.2) is 13.4 Å². The third kappa shape index (κ3) is 4.67. The average Bonchev–Trinajstić information content (AvgIpc) is 3.06. The first-order chi connectivity index (χ1) is 12.6. The number of thiazole rings is 1. The molecule has 0 spiro atoms. The molecule has 0 aliphatic heterocycles. The number of hydrogen-bond acceptors (Lipinski definition) is 5. The van der Waals surface area contributed by atoms with E-state index < -0.39 is 10.0 Å². The van der Waals surface area contributed by atoms with E-state index in [1.807, 2.05) is 24.4 Å². The van der Waals surface area contributed by atoms with Gasteiger partial charge in [0.2, 0.25) is 0 Å². The first-order valence-corrected chi connectivity index (χ1v) is 10.9. The van der Waals surface area contributed by atoms with Gasteiger partial charge in [-0.3, -0.25) is 4.72 Å². The van der Waals surface area contributed by atoms with Gasteiger partial charge in [0.15, 0.2) is 5.13 Å². The molecule has 2 N–H and O–H groups in total. The van der Waals surface area contributed by atoms with Crippen molar-refractivity contribution in [3.8, 4) is 0 Å². The Kier molecular flexibility index (Phi) is 5.26. The van der Waals surface area contributed by atoms with Crippen molar-refractivity contribution in [1.29, 1.82) is 0 Å². The summed E-state index contributed by atoms with van der Waals surface area (Å²) in [5, 5.41) is 5.97. The van der Waals surface area contributed by atoms with E-state index in [4.69, 9.17) is 0 Å². The molecule has 0 fully saturated rings. The number of anilines is 3. The Hall–Kier alpha value is -2.38. The van der Waals surface area contributed by atoms with Crippen LogP contribution in [0.5, 0.6) is 0 Å². The highest BCUT2D eigenvalue weighted by Gasteiger charge is 2.19. The average molecular weight is 402 g/mol. The molecule has 3 rings (SSSR count). The van der Waals surface area contributed by atoms with E-state index in [1.165, 1.54) is 11.3 Å². The van der Waals surface area contributed by atoms with E-state index in [2.05, 4.69) is 35.8 Å². The molecule has 0 aliphatic rings. The summed E-state index contributed by atoms with van der Waals surface area (Å²) in [6.45, 7) is 8.24. The minimum atomic E-state index is -3.67. The van der Waals surface area contributed by atoms with Gasteiger partial charge in [-0.05, 0) is 31.2 Å². The van der Waals surface area contributed by atoms with Crippen LogP contribution in [0, 0.1) is 6.92 Å². The normalized spacial score (nSPS) is 12.0. The molecule has 0 atom stereocenters. The van der Waals surface area contributed by atoms with Gasteiger partial charge in [-0.1, -0.05) is 50.6 Å². The van der Waals surface area contributed by atoms with E-state index in [0.29, 0.717) is 11.4 Å². The van der Waals surface area contributed by atoms with E-state index in [0.717, 1.165) is 16.4 Å². The van der Waals surface area contributed by atoms with E-state index in [-0.39, 0.29) is 10.3 Å². The van der Waals surface area contributed by atoms with Gasteiger partial charge in [0.05, 0.1) is 22.0 Å². The molecule has 0 aliphatic carbocycles. The number of nitrogens with zero attached hydrogens (tertiary/aromatic N) is 1. The molecule has 1 heterocycles. The summed E-state index contributed by atoms with van der Waals surface area (Å²) in [6.07, 6.45) is 0. The lowest BCUT2D eigenvalue weighted by atomic mass is 9.93. The minimum Gasteiger partial charge on any atom is -0.330 e. The monoisotopic (exact) mass is 401 g/mol. The van der Waals surface area contributed by atoms with Crippen molar-refractivity contribution in [3.05, 3.63) is 65.2 Å². The largest absolute Gasteiger partial charge is 0.330 e. The van der Waals surface area contributed by atoms with Crippen molar-refractivity contribution < 1.29 is 8.42 Å². The number of hydrogen-bond donors (Lipinski definition) is 2. The molecule has 1 aromatic heterocycles. The van der Waals surface area contributed by atoms with Gasteiger partial charge in [-0.2, -0.15) is 0 Å². The maximum Gasteiger partial charge on any atom is 0.261 e. The van der Waals surface area contributed by atoms with Gasteiger partial charge in [0.25, 0.3) is 10.0 Å². The minimum absolute atomic E-state index is 0.0387. The number of aromatic nitrogens is 1. The molecule has 0 unspecified atom stereocenters. The van der Waals surface area contributed by atoms with Crippen molar-refractivity contribution >= 4 is 37.9 Å². The molecular formula is C20H23N3O2S2. The molecule has 3 aromatic rings. The summed E-state index contributed by atoms with van der Waals surface area (Å²) >= 11 is 1.50. The number of sulfonamides is 1. The number of benzene rings is 2. The van der Waals surface area contributed by atoms with Gasteiger partial charge in [-0.25, -0.2) is 13.4 Å². The van der Waals surface area contributed by atoms with Crippen molar-refractivity contribution in [2.75, 3.05) is 10.0 Å². The van der Waals surface area contributed by atoms with Crippen LogP contribution < -0.4 is 10.0 Å². The zero-order chi connectivity index (χ0) is 19.7. The first kappa shape index (κ1) is 19.4. The van der Waals surface area contributed by atoms with Crippen LogP contribution in [0.25, 0.3) is 0 Å². The summed E-state index contributed by atoms with van der Waals surface area (Å²) in [6, 6.07) is 14.0. The number of nitrogens with one attached hydrogen (secondary N) is 2. The summed E-state index contributed by atoms with van der Waals surface area (Å²) < 4.78 is 28.1. The maximum absolute atomic E-state index is 12.7. The fraction of sp³-hybridized carbons (Fsp3) is 0.250. The van der Waals surface area contributed by atoms with Crippen LogP contribution >= 0.6 is 11.3 Å². The number of rotatable bonds is 5. The third-order valence-corrected chi connectivity index (χ3v) is 6.16. The Morgan fingerprint density at radius 2 is 1.59 bits per heavy atom. The quantitative estimate of drug-likeness (QED) is 0.609. The summed E-state index contributed by atoms with van der Waals surface area (Å²) in [5.74, 6) is 0.